The Morgan fingerprint density at radius 1 is 1.20 bits per heavy atom. The summed E-state index contributed by atoms with van der Waals surface area (Å²) >= 11 is 0. The number of hydrogen-bond donors (Lipinski definition) is 2. The summed E-state index contributed by atoms with van der Waals surface area (Å²) < 4.78 is 0. The SMILES string of the molecule is CCCCCCN1NNC(C#N)C1C#N. The van der Waals surface area contributed by atoms with Crippen molar-refractivity contribution in [3.63, 3.8) is 0 Å². The van der Waals surface area contributed by atoms with E-state index in [4.69, 9.17) is 10.5 Å². The van der Waals surface area contributed by atoms with Crippen molar-refractivity contribution in [2.24, 2.45) is 0 Å². The van der Waals surface area contributed by atoms with Gasteiger partial charge in [-0.05, 0) is 6.42 Å². The summed E-state index contributed by atoms with van der Waals surface area (Å²) in [7, 11) is 0. The molecule has 0 radical (unpaired) electrons. The van der Waals surface area contributed by atoms with Gasteiger partial charge >= 0.3 is 0 Å². The average Bonchev–Trinajstić information content (AvgIpc) is 2.66. The number of unbranched alkanes of at least 4 members (excludes halogenated alkanes) is 3. The van der Waals surface area contributed by atoms with Crippen LogP contribution in [0.2, 0.25) is 0 Å². The summed E-state index contributed by atoms with van der Waals surface area (Å²) in [5.74, 6) is 0. The zero-order valence-electron chi connectivity index (χ0n) is 9.03. The first-order valence-electron chi connectivity index (χ1n) is 5.40. The molecule has 1 aliphatic heterocycles. The summed E-state index contributed by atoms with van der Waals surface area (Å²) in [6.07, 6.45) is 4.65. The quantitative estimate of drug-likeness (QED) is 0.648. The summed E-state index contributed by atoms with van der Waals surface area (Å²) in [4.78, 5) is 0. The van der Waals surface area contributed by atoms with Gasteiger partial charge in [-0.3, -0.25) is 0 Å². The summed E-state index contributed by atoms with van der Waals surface area (Å²) in [5.41, 5.74) is 5.66. The fourth-order valence-corrected chi connectivity index (χ4v) is 1.63. The third-order valence-corrected chi connectivity index (χ3v) is 2.54. The predicted molar refractivity (Wildman–Crippen MR) is 55.9 cm³/mol. The van der Waals surface area contributed by atoms with E-state index in [1.165, 1.54) is 19.3 Å². The minimum absolute atomic E-state index is 0.378. The van der Waals surface area contributed by atoms with Crippen LogP contribution in [0.3, 0.4) is 0 Å². The molecule has 5 nitrogen and oxygen atoms in total. The van der Waals surface area contributed by atoms with Crippen molar-refractivity contribution < 1.29 is 0 Å². The van der Waals surface area contributed by atoms with Crippen LogP contribution in [0.25, 0.3) is 0 Å². The minimum atomic E-state index is -0.429. The monoisotopic (exact) mass is 207 g/mol. The Bertz CT molecular complexity index is 264. The molecule has 1 rings (SSSR count). The number of nitriles is 2. The van der Waals surface area contributed by atoms with Gasteiger partial charge in [-0.2, -0.15) is 16.1 Å². The highest BCUT2D eigenvalue weighted by Crippen LogP contribution is 2.09. The Balaban J connectivity index is 2.31. The van der Waals surface area contributed by atoms with Gasteiger partial charge in [0.2, 0.25) is 0 Å². The second kappa shape index (κ2) is 6.36. The molecule has 1 aliphatic rings. The number of rotatable bonds is 5. The first kappa shape index (κ1) is 11.9. The Morgan fingerprint density at radius 3 is 2.60 bits per heavy atom. The normalized spacial score (nSPS) is 26.1. The van der Waals surface area contributed by atoms with E-state index < -0.39 is 6.04 Å². The van der Waals surface area contributed by atoms with Crippen LogP contribution in [0, 0.1) is 22.7 Å². The standard InChI is InChI=1S/C10H17N5/c1-2-3-4-5-6-15-10(8-12)9(7-11)13-14-15/h9-10,13-14H,2-6H2,1H3. The molecule has 0 amide bonds. The highest BCUT2D eigenvalue weighted by Gasteiger charge is 2.33. The second-order valence-electron chi connectivity index (χ2n) is 3.69. The van der Waals surface area contributed by atoms with Gasteiger partial charge in [-0.1, -0.05) is 26.2 Å². The van der Waals surface area contributed by atoms with E-state index in [2.05, 4.69) is 30.0 Å². The second-order valence-corrected chi connectivity index (χ2v) is 3.69. The van der Waals surface area contributed by atoms with E-state index in [9.17, 15) is 0 Å². The lowest BCUT2D eigenvalue weighted by atomic mass is 10.1. The van der Waals surface area contributed by atoms with E-state index in [0.29, 0.717) is 0 Å². The Morgan fingerprint density at radius 2 is 2.00 bits per heavy atom. The maximum atomic E-state index is 8.92. The van der Waals surface area contributed by atoms with Crippen LogP contribution in [0.5, 0.6) is 0 Å². The minimum Gasteiger partial charge on any atom is -0.224 e. The maximum absolute atomic E-state index is 8.92. The third kappa shape index (κ3) is 3.17. The van der Waals surface area contributed by atoms with Crippen molar-refractivity contribution in [3.8, 4) is 12.1 Å². The molecule has 1 heterocycles. The van der Waals surface area contributed by atoms with Crippen molar-refractivity contribution in [3.05, 3.63) is 0 Å². The van der Waals surface area contributed by atoms with Gasteiger partial charge < -0.3 is 0 Å². The maximum Gasteiger partial charge on any atom is 0.142 e. The molecule has 0 bridgehead atoms. The van der Waals surface area contributed by atoms with Crippen LogP contribution in [-0.4, -0.2) is 23.6 Å². The Kier molecular flexibility index (Phi) is 5.06. The van der Waals surface area contributed by atoms with E-state index in [1.807, 2.05) is 5.01 Å². The number of nitrogens with zero attached hydrogens (tertiary/aromatic N) is 3. The third-order valence-electron chi connectivity index (χ3n) is 2.54. The van der Waals surface area contributed by atoms with Crippen molar-refractivity contribution in [1.29, 1.82) is 10.5 Å². The van der Waals surface area contributed by atoms with Crippen LogP contribution >= 0.6 is 0 Å². The smallest absolute Gasteiger partial charge is 0.142 e. The molecule has 0 spiro atoms. The van der Waals surface area contributed by atoms with Gasteiger partial charge in [-0.15, -0.1) is 0 Å². The first-order valence-corrected chi connectivity index (χ1v) is 5.40. The summed E-state index contributed by atoms with van der Waals surface area (Å²) in [6, 6.07) is 3.39. The highest BCUT2D eigenvalue weighted by molar-refractivity contribution is 5.10. The molecule has 15 heavy (non-hydrogen) atoms. The predicted octanol–water partition coefficient (Wildman–Crippen LogP) is 0.676. The molecule has 0 aliphatic carbocycles. The average molecular weight is 207 g/mol. The topological polar surface area (TPSA) is 74.9 Å². The Labute approximate surface area is 90.6 Å². The van der Waals surface area contributed by atoms with Gasteiger partial charge in [0.25, 0.3) is 0 Å². The number of hydrazine groups is 2. The molecule has 0 aromatic carbocycles. The summed E-state index contributed by atoms with van der Waals surface area (Å²) in [5, 5.41) is 19.5. The lowest BCUT2D eigenvalue weighted by Gasteiger charge is -2.17. The van der Waals surface area contributed by atoms with Gasteiger partial charge in [0.1, 0.15) is 12.1 Å². The largest absolute Gasteiger partial charge is 0.224 e. The molecule has 82 valence electrons. The van der Waals surface area contributed by atoms with Crippen molar-refractivity contribution >= 4 is 0 Å². The first-order chi connectivity index (χ1) is 7.33. The molecule has 1 saturated heterocycles. The van der Waals surface area contributed by atoms with Crippen LogP contribution in [0.15, 0.2) is 0 Å². The van der Waals surface area contributed by atoms with Crippen molar-refractivity contribution in [2.45, 2.75) is 44.7 Å². The Hall–Kier alpha value is -1.14. The van der Waals surface area contributed by atoms with E-state index in [1.54, 1.807) is 0 Å². The van der Waals surface area contributed by atoms with E-state index >= 15 is 0 Å². The molecule has 0 saturated carbocycles. The lowest BCUT2D eigenvalue weighted by molar-refractivity contribution is 0.199. The highest BCUT2D eigenvalue weighted by atomic mass is 15.7. The fraction of sp³-hybridized carbons (Fsp3) is 0.800. The van der Waals surface area contributed by atoms with Crippen LogP contribution in [-0.2, 0) is 0 Å². The number of hydrogen-bond acceptors (Lipinski definition) is 5. The molecule has 5 heteroatoms. The van der Waals surface area contributed by atoms with E-state index in [-0.39, 0.29) is 6.04 Å². The molecular formula is C10H17N5. The zero-order valence-corrected chi connectivity index (χ0v) is 9.03. The fourth-order valence-electron chi connectivity index (χ4n) is 1.63. The molecule has 0 aromatic heterocycles. The van der Waals surface area contributed by atoms with Gasteiger partial charge in [0.05, 0.1) is 12.1 Å². The zero-order chi connectivity index (χ0) is 11.1. The molecule has 0 aromatic rings. The van der Waals surface area contributed by atoms with Crippen LogP contribution in [0.4, 0.5) is 0 Å². The lowest BCUT2D eigenvalue weighted by Crippen LogP contribution is -2.39. The molecule has 2 unspecified atom stereocenters. The van der Waals surface area contributed by atoms with Gasteiger partial charge in [0.15, 0.2) is 0 Å². The van der Waals surface area contributed by atoms with Gasteiger partial charge in [0, 0.05) is 6.54 Å². The number of nitrogens with one attached hydrogen (secondary N) is 2. The van der Waals surface area contributed by atoms with Crippen molar-refractivity contribution in [1.82, 2.24) is 16.0 Å². The molecule has 2 atom stereocenters. The van der Waals surface area contributed by atoms with Crippen LogP contribution in [0.1, 0.15) is 32.6 Å². The summed E-state index contributed by atoms with van der Waals surface area (Å²) in [6.45, 7) is 2.98. The van der Waals surface area contributed by atoms with Gasteiger partial charge in [-0.25, -0.2) is 10.4 Å². The molecular weight excluding hydrogens is 190 g/mol. The van der Waals surface area contributed by atoms with Crippen LogP contribution < -0.4 is 11.0 Å². The molecule has 1 fully saturated rings. The van der Waals surface area contributed by atoms with Crippen molar-refractivity contribution in [2.75, 3.05) is 6.54 Å². The van der Waals surface area contributed by atoms with E-state index in [0.717, 1.165) is 13.0 Å². The molecule has 2 N–H and O–H groups in total.